The zero-order valence-electron chi connectivity index (χ0n) is 13.5. The van der Waals surface area contributed by atoms with Gasteiger partial charge in [-0.1, -0.05) is 20.3 Å². The van der Waals surface area contributed by atoms with Gasteiger partial charge in [-0.3, -0.25) is 4.99 Å². The first kappa shape index (κ1) is 15.6. The van der Waals surface area contributed by atoms with Gasteiger partial charge in [-0.25, -0.2) is 0 Å². The number of hydrogen-bond acceptors (Lipinski definition) is 2. The largest absolute Gasteiger partial charge is 0.378 e. The van der Waals surface area contributed by atoms with Gasteiger partial charge < -0.3 is 15.4 Å². The van der Waals surface area contributed by atoms with Crippen LogP contribution in [0.5, 0.6) is 0 Å². The summed E-state index contributed by atoms with van der Waals surface area (Å²) in [7, 11) is 1.86. The van der Waals surface area contributed by atoms with Crippen molar-refractivity contribution in [1.82, 2.24) is 10.6 Å². The summed E-state index contributed by atoms with van der Waals surface area (Å²) >= 11 is 0. The standard InChI is InChI=1S/C16H31N3O/c1-5-20-14-11-13(16(14)8-6-9-16)19-15(17-4)18-10-7-12(2)3/h12-14H,5-11H2,1-4H3,(H2,17,18,19). The van der Waals surface area contributed by atoms with E-state index in [9.17, 15) is 0 Å². The maximum absolute atomic E-state index is 5.89. The van der Waals surface area contributed by atoms with Crippen LogP contribution in [0, 0.1) is 11.3 Å². The van der Waals surface area contributed by atoms with Crippen LogP contribution < -0.4 is 10.6 Å². The molecule has 2 aliphatic carbocycles. The molecule has 0 aromatic rings. The van der Waals surface area contributed by atoms with Gasteiger partial charge >= 0.3 is 0 Å². The predicted octanol–water partition coefficient (Wildman–Crippen LogP) is 2.55. The average Bonchev–Trinajstić information content (AvgIpc) is 2.33. The number of hydrogen-bond donors (Lipinski definition) is 2. The maximum atomic E-state index is 5.89. The van der Waals surface area contributed by atoms with Crippen molar-refractivity contribution in [2.45, 2.75) is 65.0 Å². The van der Waals surface area contributed by atoms with Gasteiger partial charge in [-0.15, -0.1) is 0 Å². The topological polar surface area (TPSA) is 45.6 Å². The average molecular weight is 281 g/mol. The molecule has 4 nitrogen and oxygen atoms in total. The van der Waals surface area contributed by atoms with Crippen molar-refractivity contribution in [2.75, 3.05) is 20.2 Å². The van der Waals surface area contributed by atoms with Crippen LogP contribution in [0.15, 0.2) is 4.99 Å². The van der Waals surface area contributed by atoms with Crippen LogP contribution in [0.1, 0.15) is 52.9 Å². The van der Waals surface area contributed by atoms with E-state index in [0.29, 0.717) is 17.6 Å². The zero-order chi connectivity index (χ0) is 14.6. The molecule has 0 radical (unpaired) electrons. The summed E-state index contributed by atoms with van der Waals surface area (Å²) in [4.78, 5) is 4.36. The highest BCUT2D eigenvalue weighted by atomic mass is 16.5. The molecule has 2 rings (SSSR count). The first-order valence-corrected chi connectivity index (χ1v) is 8.21. The molecule has 20 heavy (non-hydrogen) atoms. The normalized spacial score (nSPS) is 28.1. The minimum Gasteiger partial charge on any atom is -0.378 e. The molecule has 0 aliphatic heterocycles. The van der Waals surface area contributed by atoms with Crippen molar-refractivity contribution in [3.05, 3.63) is 0 Å². The molecule has 2 aliphatic rings. The van der Waals surface area contributed by atoms with E-state index >= 15 is 0 Å². The Morgan fingerprint density at radius 3 is 2.65 bits per heavy atom. The third-order valence-corrected chi connectivity index (χ3v) is 4.99. The maximum Gasteiger partial charge on any atom is 0.191 e. The lowest BCUT2D eigenvalue weighted by Gasteiger charge is -2.61. The van der Waals surface area contributed by atoms with Gasteiger partial charge in [0.05, 0.1) is 6.10 Å². The molecule has 0 bridgehead atoms. The van der Waals surface area contributed by atoms with Crippen molar-refractivity contribution in [2.24, 2.45) is 16.3 Å². The molecule has 4 heteroatoms. The summed E-state index contributed by atoms with van der Waals surface area (Å²) in [5.74, 6) is 1.68. The van der Waals surface area contributed by atoms with E-state index in [1.165, 1.54) is 25.7 Å². The predicted molar refractivity (Wildman–Crippen MR) is 84.1 cm³/mol. The number of rotatable bonds is 6. The molecule has 2 fully saturated rings. The minimum atomic E-state index is 0.395. The molecule has 0 heterocycles. The molecule has 0 saturated heterocycles. The van der Waals surface area contributed by atoms with Gasteiger partial charge in [0.15, 0.2) is 5.96 Å². The molecule has 0 aromatic heterocycles. The molecule has 2 atom stereocenters. The minimum absolute atomic E-state index is 0.395. The number of aliphatic imine (C=N–C) groups is 1. The fourth-order valence-electron chi connectivity index (χ4n) is 3.48. The van der Waals surface area contributed by atoms with Crippen LogP contribution in [0.3, 0.4) is 0 Å². The van der Waals surface area contributed by atoms with Crippen LogP contribution in [0.2, 0.25) is 0 Å². The molecule has 2 unspecified atom stereocenters. The molecule has 0 amide bonds. The molecule has 116 valence electrons. The Labute approximate surface area is 123 Å². The third-order valence-electron chi connectivity index (χ3n) is 4.99. The Balaban J connectivity index is 1.80. The third kappa shape index (κ3) is 3.11. The van der Waals surface area contributed by atoms with Crippen molar-refractivity contribution in [3.63, 3.8) is 0 Å². The highest BCUT2D eigenvalue weighted by Crippen LogP contribution is 2.57. The van der Waals surface area contributed by atoms with E-state index in [1.807, 2.05) is 7.05 Å². The number of ether oxygens (including phenoxy) is 1. The van der Waals surface area contributed by atoms with E-state index < -0.39 is 0 Å². The molecule has 2 saturated carbocycles. The van der Waals surface area contributed by atoms with Crippen molar-refractivity contribution in [3.8, 4) is 0 Å². The van der Waals surface area contributed by atoms with Gasteiger partial charge in [-0.05, 0) is 38.5 Å². The van der Waals surface area contributed by atoms with Gasteiger partial charge in [0.2, 0.25) is 0 Å². The Hall–Kier alpha value is -0.770. The lowest BCUT2D eigenvalue weighted by Crippen LogP contribution is -2.68. The second-order valence-electron chi connectivity index (χ2n) is 6.64. The summed E-state index contributed by atoms with van der Waals surface area (Å²) in [6.45, 7) is 8.42. The lowest BCUT2D eigenvalue weighted by atomic mass is 9.51. The van der Waals surface area contributed by atoms with Crippen LogP contribution in [-0.2, 0) is 4.74 Å². The first-order valence-electron chi connectivity index (χ1n) is 8.21. The van der Waals surface area contributed by atoms with Crippen LogP contribution >= 0.6 is 0 Å². The number of nitrogens with one attached hydrogen (secondary N) is 2. The smallest absolute Gasteiger partial charge is 0.191 e. The quantitative estimate of drug-likeness (QED) is 0.581. The van der Waals surface area contributed by atoms with Gasteiger partial charge in [0.1, 0.15) is 0 Å². The first-order chi connectivity index (χ1) is 9.62. The molecular weight excluding hydrogens is 250 g/mol. The monoisotopic (exact) mass is 281 g/mol. The fourth-order valence-corrected chi connectivity index (χ4v) is 3.48. The number of nitrogens with zero attached hydrogens (tertiary/aromatic N) is 1. The van der Waals surface area contributed by atoms with Gasteiger partial charge in [0, 0.05) is 31.7 Å². The second-order valence-corrected chi connectivity index (χ2v) is 6.64. The Morgan fingerprint density at radius 1 is 1.40 bits per heavy atom. The van der Waals surface area contributed by atoms with Crippen molar-refractivity contribution in [1.29, 1.82) is 0 Å². The van der Waals surface area contributed by atoms with Crippen LogP contribution in [0.4, 0.5) is 0 Å². The summed E-state index contributed by atoms with van der Waals surface area (Å²) in [6.07, 6.45) is 6.72. The summed E-state index contributed by atoms with van der Waals surface area (Å²) in [6, 6.07) is 0.540. The van der Waals surface area contributed by atoms with Crippen LogP contribution in [0.25, 0.3) is 0 Å². The zero-order valence-corrected chi connectivity index (χ0v) is 13.5. The SMILES string of the molecule is CCOC1CC(NC(=NC)NCCC(C)C)C12CCC2. The molecule has 1 spiro atoms. The Bertz CT molecular complexity index is 337. The molecule has 0 aromatic carbocycles. The van der Waals surface area contributed by atoms with Crippen molar-refractivity contribution >= 4 is 5.96 Å². The van der Waals surface area contributed by atoms with E-state index in [4.69, 9.17) is 4.74 Å². The summed E-state index contributed by atoms with van der Waals surface area (Å²) in [5, 5.41) is 7.05. The highest BCUT2D eigenvalue weighted by Gasteiger charge is 2.59. The van der Waals surface area contributed by atoms with E-state index in [-0.39, 0.29) is 0 Å². The summed E-state index contributed by atoms with van der Waals surface area (Å²) in [5.41, 5.74) is 0.395. The lowest BCUT2D eigenvalue weighted by molar-refractivity contribution is -0.168. The van der Waals surface area contributed by atoms with E-state index in [2.05, 4.69) is 36.4 Å². The Kier molecular flexibility index (Phi) is 5.30. The van der Waals surface area contributed by atoms with E-state index in [0.717, 1.165) is 31.4 Å². The second kappa shape index (κ2) is 6.79. The van der Waals surface area contributed by atoms with E-state index in [1.54, 1.807) is 0 Å². The van der Waals surface area contributed by atoms with Gasteiger partial charge in [-0.2, -0.15) is 0 Å². The fraction of sp³-hybridized carbons (Fsp3) is 0.938. The molecular formula is C16H31N3O. The summed E-state index contributed by atoms with van der Waals surface area (Å²) < 4.78 is 5.89. The molecule has 2 N–H and O–H groups in total. The Morgan fingerprint density at radius 2 is 2.15 bits per heavy atom. The van der Waals surface area contributed by atoms with Crippen LogP contribution in [-0.4, -0.2) is 38.3 Å². The number of guanidine groups is 1. The van der Waals surface area contributed by atoms with Gasteiger partial charge in [0.25, 0.3) is 0 Å². The van der Waals surface area contributed by atoms with Crippen molar-refractivity contribution < 1.29 is 4.74 Å². The highest BCUT2D eigenvalue weighted by molar-refractivity contribution is 5.80.